The van der Waals surface area contributed by atoms with Crippen LogP contribution in [0.4, 0.5) is 5.69 Å². The summed E-state index contributed by atoms with van der Waals surface area (Å²) in [6.45, 7) is 3.48. The number of halogens is 1. The number of anilines is 1. The summed E-state index contributed by atoms with van der Waals surface area (Å²) in [6.07, 6.45) is 1.86. The van der Waals surface area contributed by atoms with E-state index in [2.05, 4.69) is 5.32 Å². The van der Waals surface area contributed by atoms with Crippen molar-refractivity contribution >= 4 is 24.0 Å². The number of aryl methyl sites for hydroxylation is 2. The number of aromatic nitrogens is 1. The maximum atomic E-state index is 11.5. The molecule has 0 saturated heterocycles. The second-order valence-electron chi connectivity index (χ2n) is 4.06. The van der Waals surface area contributed by atoms with E-state index in [1.165, 1.54) is 4.57 Å². The lowest BCUT2D eigenvalue weighted by atomic mass is 10.2. The Morgan fingerprint density at radius 1 is 1.59 bits per heavy atom. The molecule has 0 saturated carbocycles. The van der Waals surface area contributed by atoms with Gasteiger partial charge in [0, 0.05) is 31.3 Å². The van der Waals surface area contributed by atoms with Crippen molar-refractivity contribution in [3.05, 3.63) is 28.2 Å². The molecule has 0 aromatic carbocycles. The van der Waals surface area contributed by atoms with Gasteiger partial charge in [-0.05, 0) is 19.9 Å². The van der Waals surface area contributed by atoms with Gasteiger partial charge in [0.05, 0.1) is 5.69 Å². The molecular formula is C11H18ClN3O2. The number of nitrogens with one attached hydrogen (secondary N) is 1. The standard InChI is InChI=1S/C11H17N3O2.ClH/c1-7-4-9(6-14(3)11(7)16)13-10(15)5-8(2)12;/h4,6,8H,5,12H2,1-3H3,(H,13,15);1H. The molecule has 1 atom stereocenters. The quantitative estimate of drug-likeness (QED) is 0.843. The van der Waals surface area contributed by atoms with Gasteiger partial charge in [0.15, 0.2) is 0 Å². The van der Waals surface area contributed by atoms with Crippen LogP contribution in [-0.2, 0) is 11.8 Å². The first-order valence-corrected chi connectivity index (χ1v) is 5.13. The summed E-state index contributed by atoms with van der Waals surface area (Å²) in [5, 5.41) is 2.70. The highest BCUT2D eigenvalue weighted by Gasteiger charge is 2.07. The molecule has 0 aliphatic carbocycles. The minimum absolute atomic E-state index is 0. The lowest BCUT2D eigenvalue weighted by molar-refractivity contribution is -0.116. The number of rotatable bonds is 3. The summed E-state index contributed by atoms with van der Waals surface area (Å²) in [6, 6.07) is 1.48. The van der Waals surface area contributed by atoms with Gasteiger partial charge in [-0.3, -0.25) is 9.59 Å². The van der Waals surface area contributed by atoms with Crippen LogP contribution in [0.5, 0.6) is 0 Å². The van der Waals surface area contributed by atoms with E-state index in [0.717, 1.165) is 0 Å². The van der Waals surface area contributed by atoms with Crippen molar-refractivity contribution in [2.45, 2.75) is 26.3 Å². The molecule has 0 radical (unpaired) electrons. The Bertz CT molecular complexity index is 428. The number of nitrogens with zero attached hydrogens (tertiary/aromatic N) is 1. The predicted molar refractivity (Wildman–Crippen MR) is 70.6 cm³/mol. The molecule has 17 heavy (non-hydrogen) atoms. The normalized spacial score (nSPS) is 11.5. The number of carbonyl (C=O) groups is 1. The molecule has 5 nitrogen and oxygen atoms in total. The summed E-state index contributed by atoms with van der Waals surface area (Å²) >= 11 is 0. The van der Waals surface area contributed by atoms with Gasteiger partial charge in [-0.15, -0.1) is 12.4 Å². The second kappa shape index (κ2) is 6.42. The third-order valence-electron chi connectivity index (χ3n) is 2.15. The van der Waals surface area contributed by atoms with Gasteiger partial charge in [-0.1, -0.05) is 0 Å². The maximum absolute atomic E-state index is 11.5. The van der Waals surface area contributed by atoms with E-state index in [-0.39, 0.29) is 36.3 Å². The molecule has 1 unspecified atom stereocenters. The molecule has 1 heterocycles. The molecule has 0 bridgehead atoms. The minimum atomic E-state index is -0.173. The number of hydrogen-bond donors (Lipinski definition) is 2. The lowest BCUT2D eigenvalue weighted by Crippen LogP contribution is -2.25. The number of pyridine rings is 1. The van der Waals surface area contributed by atoms with E-state index in [4.69, 9.17) is 5.73 Å². The first kappa shape index (κ1) is 15.7. The minimum Gasteiger partial charge on any atom is -0.327 e. The van der Waals surface area contributed by atoms with Crippen LogP contribution in [-0.4, -0.2) is 16.5 Å². The Kier molecular flexibility index (Phi) is 5.91. The topological polar surface area (TPSA) is 77.1 Å². The molecule has 0 aliphatic heterocycles. The Hall–Kier alpha value is -1.33. The third-order valence-corrected chi connectivity index (χ3v) is 2.15. The third kappa shape index (κ3) is 4.58. The van der Waals surface area contributed by atoms with Gasteiger partial charge < -0.3 is 15.6 Å². The molecule has 1 aromatic rings. The molecule has 96 valence electrons. The number of nitrogens with two attached hydrogens (primary N) is 1. The van der Waals surface area contributed by atoms with Crippen LogP contribution < -0.4 is 16.6 Å². The van der Waals surface area contributed by atoms with Crippen LogP contribution >= 0.6 is 12.4 Å². The molecule has 0 aliphatic rings. The van der Waals surface area contributed by atoms with Crippen molar-refractivity contribution in [2.75, 3.05) is 5.32 Å². The smallest absolute Gasteiger partial charge is 0.253 e. The molecule has 6 heteroatoms. The zero-order valence-corrected chi connectivity index (χ0v) is 11.0. The van der Waals surface area contributed by atoms with E-state index >= 15 is 0 Å². The molecule has 1 rings (SSSR count). The van der Waals surface area contributed by atoms with Crippen LogP contribution in [0.3, 0.4) is 0 Å². The fourth-order valence-electron chi connectivity index (χ4n) is 1.45. The van der Waals surface area contributed by atoms with Crippen molar-refractivity contribution in [3.8, 4) is 0 Å². The van der Waals surface area contributed by atoms with E-state index in [1.807, 2.05) is 0 Å². The Morgan fingerprint density at radius 2 is 2.18 bits per heavy atom. The summed E-state index contributed by atoms with van der Waals surface area (Å²) in [5.74, 6) is -0.145. The molecule has 1 amide bonds. The molecule has 1 aromatic heterocycles. The second-order valence-corrected chi connectivity index (χ2v) is 4.06. The monoisotopic (exact) mass is 259 g/mol. The molecule has 3 N–H and O–H groups in total. The Labute approximate surface area is 106 Å². The van der Waals surface area contributed by atoms with E-state index in [0.29, 0.717) is 11.3 Å². The van der Waals surface area contributed by atoms with Crippen LogP contribution in [0.2, 0.25) is 0 Å². The number of hydrogen-bond acceptors (Lipinski definition) is 3. The van der Waals surface area contributed by atoms with E-state index < -0.39 is 0 Å². The van der Waals surface area contributed by atoms with Crippen molar-refractivity contribution in [1.82, 2.24) is 4.57 Å². The zero-order chi connectivity index (χ0) is 12.3. The van der Waals surface area contributed by atoms with Crippen LogP contribution in [0.1, 0.15) is 18.9 Å². The molecule has 0 fully saturated rings. The highest BCUT2D eigenvalue weighted by Crippen LogP contribution is 2.06. The first-order chi connectivity index (χ1) is 7.40. The Morgan fingerprint density at radius 3 is 2.65 bits per heavy atom. The van der Waals surface area contributed by atoms with Crippen molar-refractivity contribution in [2.24, 2.45) is 12.8 Å². The summed E-state index contributed by atoms with van der Waals surface area (Å²) < 4.78 is 1.44. The van der Waals surface area contributed by atoms with Crippen molar-refractivity contribution in [1.29, 1.82) is 0 Å². The summed E-state index contributed by atoms with van der Waals surface area (Å²) in [5.41, 5.74) is 6.66. The molecule has 0 spiro atoms. The number of amides is 1. The van der Waals surface area contributed by atoms with Gasteiger partial charge in [0.1, 0.15) is 0 Å². The Balaban J connectivity index is 0.00000256. The predicted octanol–water partition coefficient (Wildman–Crippen LogP) is 0.791. The zero-order valence-electron chi connectivity index (χ0n) is 10.2. The highest BCUT2D eigenvalue weighted by atomic mass is 35.5. The van der Waals surface area contributed by atoms with Gasteiger partial charge in [-0.25, -0.2) is 0 Å². The van der Waals surface area contributed by atoms with Gasteiger partial charge >= 0.3 is 0 Å². The number of carbonyl (C=O) groups excluding carboxylic acids is 1. The van der Waals surface area contributed by atoms with Crippen LogP contribution in [0.15, 0.2) is 17.1 Å². The van der Waals surface area contributed by atoms with Crippen LogP contribution in [0, 0.1) is 6.92 Å². The molecular weight excluding hydrogens is 242 g/mol. The summed E-state index contributed by atoms with van der Waals surface area (Å²) in [7, 11) is 1.65. The van der Waals surface area contributed by atoms with Crippen molar-refractivity contribution < 1.29 is 4.79 Å². The average molecular weight is 260 g/mol. The summed E-state index contributed by atoms with van der Waals surface area (Å²) in [4.78, 5) is 22.9. The van der Waals surface area contributed by atoms with E-state index in [9.17, 15) is 9.59 Å². The van der Waals surface area contributed by atoms with Crippen molar-refractivity contribution in [3.63, 3.8) is 0 Å². The SMILES string of the molecule is Cc1cc(NC(=O)CC(C)N)cn(C)c1=O.Cl. The highest BCUT2D eigenvalue weighted by molar-refractivity contribution is 5.90. The average Bonchev–Trinajstić information content (AvgIpc) is 2.12. The maximum Gasteiger partial charge on any atom is 0.253 e. The first-order valence-electron chi connectivity index (χ1n) is 5.13. The van der Waals surface area contributed by atoms with Gasteiger partial charge in [0.25, 0.3) is 5.56 Å². The van der Waals surface area contributed by atoms with Gasteiger partial charge in [0.2, 0.25) is 5.91 Å². The van der Waals surface area contributed by atoms with E-state index in [1.54, 1.807) is 33.2 Å². The fourth-order valence-corrected chi connectivity index (χ4v) is 1.45. The fraction of sp³-hybridized carbons (Fsp3) is 0.455. The van der Waals surface area contributed by atoms with Gasteiger partial charge in [-0.2, -0.15) is 0 Å². The largest absolute Gasteiger partial charge is 0.327 e. The van der Waals surface area contributed by atoms with Crippen LogP contribution in [0.25, 0.3) is 0 Å². The lowest BCUT2D eigenvalue weighted by Gasteiger charge is -2.09.